The topological polar surface area (TPSA) is 41.6 Å². The van der Waals surface area contributed by atoms with E-state index in [0.29, 0.717) is 18.3 Å². The first-order chi connectivity index (χ1) is 11.3. The largest absolute Gasteiger partial charge is 0.381 e. The molecule has 2 saturated heterocycles. The fourth-order valence-corrected chi connectivity index (χ4v) is 3.53. The summed E-state index contributed by atoms with van der Waals surface area (Å²) in [5, 5.41) is 3.09. The van der Waals surface area contributed by atoms with Crippen LogP contribution in [0.25, 0.3) is 0 Å². The summed E-state index contributed by atoms with van der Waals surface area (Å²) < 4.78 is 5.34. The van der Waals surface area contributed by atoms with E-state index in [9.17, 15) is 4.79 Å². The van der Waals surface area contributed by atoms with Crippen molar-refractivity contribution in [2.24, 2.45) is 11.8 Å². The molecule has 2 aliphatic heterocycles. The number of amides is 1. The molecule has 1 atom stereocenters. The molecule has 4 heteroatoms. The minimum Gasteiger partial charge on any atom is -0.381 e. The normalized spacial score (nSPS) is 23.0. The highest BCUT2D eigenvalue weighted by atomic mass is 16.5. The van der Waals surface area contributed by atoms with Gasteiger partial charge in [-0.25, -0.2) is 0 Å². The lowest BCUT2D eigenvalue weighted by Crippen LogP contribution is -2.36. The maximum absolute atomic E-state index is 12.1. The Bertz CT molecular complexity index is 477. The van der Waals surface area contributed by atoms with Crippen LogP contribution in [0.15, 0.2) is 30.3 Å². The van der Waals surface area contributed by atoms with Crippen LogP contribution in [-0.4, -0.2) is 43.7 Å². The van der Waals surface area contributed by atoms with Gasteiger partial charge in [0.15, 0.2) is 0 Å². The Labute approximate surface area is 139 Å². The van der Waals surface area contributed by atoms with E-state index in [0.717, 1.165) is 58.7 Å². The van der Waals surface area contributed by atoms with Crippen molar-refractivity contribution < 1.29 is 9.53 Å². The van der Waals surface area contributed by atoms with Gasteiger partial charge < -0.3 is 10.1 Å². The fourth-order valence-electron chi connectivity index (χ4n) is 3.53. The predicted octanol–water partition coefficient (Wildman–Crippen LogP) is 2.44. The number of piperidine rings is 1. The van der Waals surface area contributed by atoms with Gasteiger partial charge in [0.2, 0.25) is 5.91 Å². The standard InChI is InChI=1S/C19H28N2O2/c22-19(20-13-18-8-11-23-15-18)12-16-6-9-21(10-7-16)14-17-4-2-1-3-5-17/h1-5,16,18H,6-15H2,(H,20,22). The van der Waals surface area contributed by atoms with E-state index in [1.165, 1.54) is 5.56 Å². The molecule has 0 bridgehead atoms. The Balaban J connectivity index is 1.33. The number of nitrogens with one attached hydrogen (secondary N) is 1. The number of carbonyl (C=O) groups is 1. The molecular formula is C19H28N2O2. The van der Waals surface area contributed by atoms with Gasteiger partial charge in [-0.05, 0) is 43.8 Å². The van der Waals surface area contributed by atoms with Crippen molar-refractivity contribution in [3.8, 4) is 0 Å². The summed E-state index contributed by atoms with van der Waals surface area (Å²) >= 11 is 0. The van der Waals surface area contributed by atoms with E-state index in [2.05, 4.69) is 40.5 Å². The highest BCUT2D eigenvalue weighted by molar-refractivity contribution is 5.76. The van der Waals surface area contributed by atoms with Crippen molar-refractivity contribution in [2.45, 2.75) is 32.2 Å². The molecule has 1 amide bonds. The lowest BCUT2D eigenvalue weighted by Gasteiger charge is -2.31. The molecule has 0 aliphatic carbocycles. The van der Waals surface area contributed by atoms with Crippen molar-refractivity contribution >= 4 is 5.91 Å². The summed E-state index contributed by atoms with van der Waals surface area (Å²) in [5.41, 5.74) is 1.38. The van der Waals surface area contributed by atoms with Crippen LogP contribution in [0, 0.1) is 11.8 Å². The summed E-state index contributed by atoms with van der Waals surface area (Å²) in [6, 6.07) is 10.6. The summed E-state index contributed by atoms with van der Waals surface area (Å²) in [7, 11) is 0. The van der Waals surface area contributed by atoms with Crippen molar-refractivity contribution in [3.63, 3.8) is 0 Å². The van der Waals surface area contributed by atoms with E-state index in [-0.39, 0.29) is 5.91 Å². The molecule has 126 valence electrons. The number of hydrogen-bond donors (Lipinski definition) is 1. The zero-order valence-electron chi connectivity index (χ0n) is 13.9. The first-order valence-electron chi connectivity index (χ1n) is 8.90. The molecule has 3 rings (SSSR count). The third-order valence-corrected chi connectivity index (χ3v) is 5.04. The summed E-state index contributed by atoms with van der Waals surface area (Å²) in [4.78, 5) is 14.6. The van der Waals surface area contributed by atoms with Crippen molar-refractivity contribution in [1.82, 2.24) is 10.2 Å². The molecule has 2 aliphatic rings. The van der Waals surface area contributed by atoms with E-state index in [1.54, 1.807) is 0 Å². The van der Waals surface area contributed by atoms with Crippen LogP contribution >= 0.6 is 0 Å². The third kappa shape index (κ3) is 5.33. The van der Waals surface area contributed by atoms with Crippen molar-refractivity contribution in [2.75, 3.05) is 32.8 Å². The van der Waals surface area contributed by atoms with Crippen molar-refractivity contribution in [1.29, 1.82) is 0 Å². The van der Waals surface area contributed by atoms with Gasteiger partial charge in [0, 0.05) is 32.0 Å². The Kier molecular flexibility index (Phi) is 6.06. The first-order valence-corrected chi connectivity index (χ1v) is 8.90. The SMILES string of the molecule is O=C(CC1CCN(Cc2ccccc2)CC1)NCC1CCOC1. The molecule has 4 nitrogen and oxygen atoms in total. The fraction of sp³-hybridized carbons (Fsp3) is 0.632. The van der Waals surface area contributed by atoms with Gasteiger partial charge in [-0.1, -0.05) is 30.3 Å². The number of carbonyl (C=O) groups excluding carboxylic acids is 1. The van der Waals surface area contributed by atoms with Gasteiger partial charge in [0.1, 0.15) is 0 Å². The number of rotatable bonds is 6. The molecule has 1 unspecified atom stereocenters. The van der Waals surface area contributed by atoms with E-state index >= 15 is 0 Å². The first kappa shape index (κ1) is 16.5. The molecule has 0 aromatic heterocycles. The number of nitrogens with zero attached hydrogens (tertiary/aromatic N) is 1. The van der Waals surface area contributed by atoms with Gasteiger partial charge in [0.25, 0.3) is 0 Å². The average molecular weight is 316 g/mol. The second-order valence-electron chi connectivity index (χ2n) is 6.94. The Morgan fingerprint density at radius 1 is 1.13 bits per heavy atom. The molecule has 2 heterocycles. The van der Waals surface area contributed by atoms with Crippen LogP contribution in [0.1, 0.15) is 31.2 Å². The lowest BCUT2D eigenvalue weighted by molar-refractivity contribution is -0.122. The van der Waals surface area contributed by atoms with Crippen LogP contribution in [-0.2, 0) is 16.1 Å². The Morgan fingerprint density at radius 3 is 2.61 bits per heavy atom. The van der Waals surface area contributed by atoms with Crippen molar-refractivity contribution in [3.05, 3.63) is 35.9 Å². The van der Waals surface area contributed by atoms with Gasteiger partial charge in [-0.15, -0.1) is 0 Å². The summed E-state index contributed by atoms with van der Waals surface area (Å²) in [6.07, 6.45) is 4.03. The van der Waals surface area contributed by atoms with Crippen LogP contribution in [0.4, 0.5) is 0 Å². The molecule has 1 aromatic rings. The molecule has 1 aromatic carbocycles. The third-order valence-electron chi connectivity index (χ3n) is 5.04. The maximum atomic E-state index is 12.1. The quantitative estimate of drug-likeness (QED) is 0.876. The van der Waals surface area contributed by atoms with Gasteiger partial charge in [-0.3, -0.25) is 9.69 Å². The van der Waals surface area contributed by atoms with Gasteiger partial charge in [0.05, 0.1) is 6.61 Å². The summed E-state index contributed by atoms with van der Waals surface area (Å²) in [6.45, 7) is 5.66. The maximum Gasteiger partial charge on any atom is 0.220 e. The smallest absolute Gasteiger partial charge is 0.220 e. The number of likely N-dealkylation sites (tertiary alicyclic amines) is 1. The number of benzene rings is 1. The molecule has 0 saturated carbocycles. The zero-order valence-corrected chi connectivity index (χ0v) is 13.9. The van der Waals surface area contributed by atoms with E-state index in [1.807, 2.05) is 0 Å². The molecule has 1 N–H and O–H groups in total. The second kappa shape index (κ2) is 8.46. The van der Waals surface area contributed by atoms with Crippen LogP contribution < -0.4 is 5.32 Å². The monoisotopic (exact) mass is 316 g/mol. The molecule has 0 spiro atoms. The van der Waals surface area contributed by atoms with E-state index in [4.69, 9.17) is 4.74 Å². The average Bonchev–Trinajstić information content (AvgIpc) is 3.09. The Hall–Kier alpha value is -1.39. The minimum atomic E-state index is 0.221. The Morgan fingerprint density at radius 2 is 1.91 bits per heavy atom. The highest BCUT2D eigenvalue weighted by Crippen LogP contribution is 2.22. The number of hydrogen-bond acceptors (Lipinski definition) is 3. The summed E-state index contributed by atoms with van der Waals surface area (Å²) in [5.74, 6) is 1.28. The van der Waals surface area contributed by atoms with Crippen LogP contribution in [0.3, 0.4) is 0 Å². The highest BCUT2D eigenvalue weighted by Gasteiger charge is 2.22. The molecule has 0 radical (unpaired) electrons. The minimum absolute atomic E-state index is 0.221. The van der Waals surface area contributed by atoms with Gasteiger partial charge in [-0.2, -0.15) is 0 Å². The van der Waals surface area contributed by atoms with Crippen LogP contribution in [0.5, 0.6) is 0 Å². The molecule has 23 heavy (non-hydrogen) atoms. The molecule has 2 fully saturated rings. The van der Waals surface area contributed by atoms with Crippen LogP contribution in [0.2, 0.25) is 0 Å². The predicted molar refractivity (Wildman–Crippen MR) is 91.0 cm³/mol. The van der Waals surface area contributed by atoms with Gasteiger partial charge >= 0.3 is 0 Å². The zero-order chi connectivity index (χ0) is 15.9. The second-order valence-corrected chi connectivity index (χ2v) is 6.94. The van der Waals surface area contributed by atoms with E-state index < -0.39 is 0 Å². The lowest BCUT2D eigenvalue weighted by atomic mass is 9.93. The molecular weight excluding hydrogens is 288 g/mol. The number of ether oxygens (including phenoxy) is 1.